The van der Waals surface area contributed by atoms with E-state index in [1.54, 1.807) is 13.0 Å². The third-order valence-corrected chi connectivity index (χ3v) is 6.06. The van der Waals surface area contributed by atoms with Gasteiger partial charge in [0.05, 0.1) is 33.4 Å². The zero-order chi connectivity index (χ0) is 27.4. The number of aromatic nitrogens is 3. The molecule has 5 aromatic rings. The zero-order valence-corrected chi connectivity index (χ0v) is 19.9. The van der Waals surface area contributed by atoms with Crippen molar-refractivity contribution in [3.05, 3.63) is 94.1 Å². The lowest BCUT2D eigenvalue weighted by molar-refractivity contribution is -0.137. The van der Waals surface area contributed by atoms with Crippen molar-refractivity contribution in [3.8, 4) is 22.7 Å². The largest absolute Gasteiger partial charge is 0.478 e. The molecule has 0 bridgehead atoms. The van der Waals surface area contributed by atoms with Crippen molar-refractivity contribution in [2.75, 3.05) is 0 Å². The number of carbonyl (C=O) groups excluding carboxylic acids is 1. The number of oxazole rings is 1. The molecule has 12 heteroatoms. The number of nitrogens with zero attached hydrogens (tertiary/aromatic N) is 3. The molecule has 38 heavy (non-hydrogen) atoms. The van der Waals surface area contributed by atoms with Gasteiger partial charge in [0.25, 0.3) is 5.91 Å². The fraction of sp³-hybridized carbons (Fsp3) is 0.0769. The summed E-state index contributed by atoms with van der Waals surface area (Å²) in [4.78, 5) is 28.9. The van der Waals surface area contributed by atoms with E-state index in [1.807, 2.05) is 0 Å². The van der Waals surface area contributed by atoms with Crippen LogP contribution in [-0.4, -0.2) is 31.7 Å². The van der Waals surface area contributed by atoms with Crippen molar-refractivity contribution >= 4 is 34.4 Å². The van der Waals surface area contributed by atoms with E-state index in [1.165, 1.54) is 18.3 Å². The van der Waals surface area contributed by atoms with Gasteiger partial charge in [0.15, 0.2) is 0 Å². The van der Waals surface area contributed by atoms with Gasteiger partial charge in [-0.25, -0.2) is 14.2 Å². The molecule has 5 rings (SSSR count). The second-order valence-electron chi connectivity index (χ2n) is 8.23. The highest BCUT2D eigenvalue weighted by Crippen LogP contribution is 2.38. The summed E-state index contributed by atoms with van der Waals surface area (Å²) in [5.74, 6) is -2.84. The Hall–Kier alpha value is -4.51. The van der Waals surface area contributed by atoms with E-state index < -0.39 is 40.0 Å². The second kappa shape index (κ2) is 9.10. The van der Waals surface area contributed by atoms with Gasteiger partial charge in [-0.1, -0.05) is 17.7 Å². The number of carboxylic acids is 1. The SMILES string of the molecule is Cc1cnc(-c2ccc3c(-c4ccc(C(=O)O)cc4F)nn(C(=O)c4c(Cl)cccc4C(F)(F)F)c3c2)o1. The van der Waals surface area contributed by atoms with E-state index in [0.29, 0.717) is 16.0 Å². The van der Waals surface area contributed by atoms with Gasteiger partial charge in [-0.05, 0) is 55.5 Å². The van der Waals surface area contributed by atoms with Crippen LogP contribution in [0.25, 0.3) is 33.6 Å². The number of hydrogen-bond acceptors (Lipinski definition) is 5. The highest BCUT2D eigenvalue weighted by molar-refractivity contribution is 6.34. The molecule has 0 aliphatic carbocycles. The fourth-order valence-corrected chi connectivity index (χ4v) is 4.27. The first-order chi connectivity index (χ1) is 18.0. The minimum atomic E-state index is -4.90. The highest BCUT2D eigenvalue weighted by atomic mass is 35.5. The van der Waals surface area contributed by atoms with Crippen molar-refractivity contribution in [1.82, 2.24) is 14.8 Å². The van der Waals surface area contributed by atoms with Crippen molar-refractivity contribution in [3.63, 3.8) is 0 Å². The minimum absolute atomic E-state index is 0.0214. The average Bonchev–Trinajstić information content (AvgIpc) is 3.46. The van der Waals surface area contributed by atoms with Crippen LogP contribution in [0.3, 0.4) is 0 Å². The van der Waals surface area contributed by atoms with E-state index in [0.717, 1.165) is 36.4 Å². The third kappa shape index (κ3) is 4.30. The maximum Gasteiger partial charge on any atom is 0.417 e. The smallest absolute Gasteiger partial charge is 0.417 e. The molecule has 192 valence electrons. The first-order valence-electron chi connectivity index (χ1n) is 10.8. The van der Waals surface area contributed by atoms with Crippen LogP contribution in [0, 0.1) is 12.7 Å². The second-order valence-corrected chi connectivity index (χ2v) is 8.64. The number of benzene rings is 3. The lowest BCUT2D eigenvalue weighted by Crippen LogP contribution is -2.20. The molecule has 2 aromatic heterocycles. The lowest BCUT2D eigenvalue weighted by atomic mass is 10.0. The predicted octanol–water partition coefficient (Wildman–Crippen LogP) is 6.86. The van der Waals surface area contributed by atoms with Gasteiger partial charge in [-0.15, -0.1) is 0 Å². The van der Waals surface area contributed by atoms with Crippen LogP contribution in [0.15, 0.2) is 65.2 Å². The van der Waals surface area contributed by atoms with Crippen LogP contribution >= 0.6 is 11.6 Å². The van der Waals surface area contributed by atoms with E-state index in [4.69, 9.17) is 21.1 Å². The molecular weight excluding hydrogens is 530 g/mol. The molecule has 3 aromatic carbocycles. The number of carbonyl (C=O) groups is 2. The van der Waals surface area contributed by atoms with Gasteiger partial charge in [-0.3, -0.25) is 4.79 Å². The molecule has 0 fully saturated rings. The Morgan fingerprint density at radius 1 is 1.08 bits per heavy atom. The molecule has 0 saturated heterocycles. The molecule has 0 spiro atoms. The summed E-state index contributed by atoms with van der Waals surface area (Å²) in [5.41, 5.74) is -2.29. The molecule has 0 saturated carbocycles. The fourth-order valence-electron chi connectivity index (χ4n) is 4.01. The number of aryl methyl sites for hydroxylation is 1. The quantitative estimate of drug-likeness (QED) is 0.249. The standard InChI is InChI=1S/C26H14ClF4N3O4/c1-12-11-32-23(38-12)13-5-8-16-20(10-13)34(24(35)21-17(26(29,30)31)3-2-4-18(21)27)33-22(16)15-7-6-14(25(36)37)9-19(15)28/h2-11H,1H3,(H,36,37). The zero-order valence-electron chi connectivity index (χ0n) is 19.2. The maximum atomic E-state index is 15.0. The van der Waals surface area contributed by atoms with Crippen molar-refractivity contribution in [2.24, 2.45) is 0 Å². The van der Waals surface area contributed by atoms with Crippen LogP contribution < -0.4 is 0 Å². The van der Waals surface area contributed by atoms with Gasteiger partial charge in [0.2, 0.25) is 5.89 Å². The summed E-state index contributed by atoms with van der Waals surface area (Å²) in [7, 11) is 0. The van der Waals surface area contributed by atoms with Gasteiger partial charge >= 0.3 is 12.1 Å². The van der Waals surface area contributed by atoms with Crippen LogP contribution in [0.1, 0.15) is 32.0 Å². The average molecular weight is 544 g/mol. The normalized spacial score (nSPS) is 11.7. The van der Waals surface area contributed by atoms with E-state index in [2.05, 4.69) is 10.1 Å². The Balaban J connectivity index is 1.78. The number of hydrogen-bond donors (Lipinski definition) is 1. The third-order valence-electron chi connectivity index (χ3n) is 5.75. The number of aromatic carboxylic acids is 1. The topological polar surface area (TPSA) is 98.2 Å². The molecule has 0 unspecified atom stereocenters. The van der Waals surface area contributed by atoms with Crippen LogP contribution in [0.5, 0.6) is 0 Å². The molecule has 2 heterocycles. The Morgan fingerprint density at radius 2 is 1.84 bits per heavy atom. The van der Waals surface area contributed by atoms with Crippen LogP contribution in [0.2, 0.25) is 5.02 Å². The minimum Gasteiger partial charge on any atom is -0.478 e. The molecule has 7 nitrogen and oxygen atoms in total. The summed E-state index contributed by atoms with van der Waals surface area (Å²) in [5, 5.41) is 13.1. The van der Waals surface area contributed by atoms with Crippen LogP contribution in [-0.2, 0) is 6.18 Å². The Labute approximate surface area is 215 Å². The summed E-state index contributed by atoms with van der Waals surface area (Å²) in [6, 6.07) is 10.5. The lowest BCUT2D eigenvalue weighted by Gasteiger charge is -2.13. The van der Waals surface area contributed by atoms with Crippen LogP contribution in [0.4, 0.5) is 17.6 Å². The monoisotopic (exact) mass is 543 g/mol. The van der Waals surface area contributed by atoms with Gasteiger partial charge < -0.3 is 9.52 Å². The molecule has 0 aliphatic rings. The number of alkyl halides is 3. The molecule has 0 atom stereocenters. The highest BCUT2D eigenvalue weighted by Gasteiger charge is 2.37. The first kappa shape index (κ1) is 25.2. The Kier molecular flexibility index (Phi) is 6.03. The van der Waals surface area contributed by atoms with Crippen molar-refractivity contribution in [1.29, 1.82) is 0 Å². The first-order valence-corrected chi connectivity index (χ1v) is 11.2. The van der Waals surface area contributed by atoms with E-state index in [-0.39, 0.29) is 33.6 Å². The van der Waals surface area contributed by atoms with Gasteiger partial charge in [0.1, 0.15) is 17.3 Å². The number of fused-ring (bicyclic) bond motifs is 1. The number of rotatable bonds is 4. The Bertz CT molecular complexity index is 1760. The summed E-state index contributed by atoms with van der Waals surface area (Å²) in [6.45, 7) is 1.67. The summed E-state index contributed by atoms with van der Waals surface area (Å²) >= 11 is 6.05. The van der Waals surface area contributed by atoms with E-state index in [9.17, 15) is 27.2 Å². The maximum absolute atomic E-state index is 15.0. The molecular formula is C26H14ClF4N3O4. The molecule has 1 N–H and O–H groups in total. The number of halogens is 5. The van der Waals surface area contributed by atoms with Gasteiger partial charge in [-0.2, -0.15) is 23.0 Å². The van der Waals surface area contributed by atoms with Gasteiger partial charge in [0, 0.05) is 16.5 Å². The number of carboxylic acid groups (broad SMARTS) is 1. The summed E-state index contributed by atoms with van der Waals surface area (Å²) in [6.07, 6.45) is -3.44. The Morgan fingerprint density at radius 3 is 2.47 bits per heavy atom. The molecule has 0 radical (unpaired) electrons. The molecule has 0 amide bonds. The predicted molar refractivity (Wildman–Crippen MR) is 129 cm³/mol. The molecule has 0 aliphatic heterocycles. The summed E-state index contributed by atoms with van der Waals surface area (Å²) < 4.78 is 62.5. The van der Waals surface area contributed by atoms with Crippen molar-refractivity contribution in [2.45, 2.75) is 13.1 Å². The van der Waals surface area contributed by atoms with E-state index >= 15 is 0 Å². The van der Waals surface area contributed by atoms with Crippen molar-refractivity contribution < 1.29 is 36.7 Å².